The molecule has 35 heavy (non-hydrogen) atoms. The fraction of sp³-hybridized carbons (Fsp3) is 0.250. The molecule has 1 atom stereocenters. The van der Waals surface area contributed by atoms with Crippen molar-refractivity contribution in [3.05, 3.63) is 107 Å². The Hall–Kier alpha value is -4.00. The van der Waals surface area contributed by atoms with Crippen LogP contribution in [-0.4, -0.2) is 41.8 Å². The van der Waals surface area contributed by atoms with Gasteiger partial charge in [0.2, 0.25) is 5.91 Å². The minimum Gasteiger partial charge on any atom is -0.350 e. The lowest BCUT2D eigenvalue weighted by atomic mass is 9.88. The number of likely N-dealkylation sites (tertiary alicyclic amines) is 1. The second kappa shape index (κ2) is 11.4. The second-order valence-electron chi connectivity index (χ2n) is 8.66. The maximum absolute atomic E-state index is 13.2. The number of hydrogen-bond acceptors (Lipinski definition) is 3. The fourth-order valence-electron chi connectivity index (χ4n) is 4.32. The van der Waals surface area contributed by atoms with Gasteiger partial charge in [0.25, 0.3) is 11.8 Å². The Bertz CT molecular complexity index is 1150. The number of nitrogens with zero attached hydrogens (tertiary/aromatic N) is 1. The van der Waals surface area contributed by atoms with Crippen LogP contribution < -0.4 is 10.6 Å². The molecule has 7 heteroatoms. The summed E-state index contributed by atoms with van der Waals surface area (Å²) in [4.78, 5) is 40.6. The first-order valence-electron chi connectivity index (χ1n) is 11.7. The zero-order valence-electron chi connectivity index (χ0n) is 19.3. The SMILES string of the molecule is O=C(N[C@H](C(=O)NCc1ccccc1)C1CCN(C(=O)c2ccc(F)cc2)CC1)c1ccccc1. The van der Waals surface area contributed by atoms with E-state index in [1.165, 1.54) is 24.3 Å². The Kier molecular flexibility index (Phi) is 7.88. The van der Waals surface area contributed by atoms with Crippen LogP contribution in [0.5, 0.6) is 0 Å². The maximum Gasteiger partial charge on any atom is 0.253 e. The highest BCUT2D eigenvalue weighted by molar-refractivity contribution is 5.97. The Morgan fingerprint density at radius 1 is 0.829 bits per heavy atom. The molecule has 0 radical (unpaired) electrons. The molecule has 1 heterocycles. The van der Waals surface area contributed by atoms with Crippen molar-refractivity contribution in [3.8, 4) is 0 Å². The highest BCUT2D eigenvalue weighted by atomic mass is 19.1. The van der Waals surface area contributed by atoms with Crippen molar-refractivity contribution in [1.29, 1.82) is 0 Å². The summed E-state index contributed by atoms with van der Waals surface area (Å²) in [6, 6.07) is 23.1. The van der Waals surface area contributed by atoms with Gasteiger partial charge in [-0.1, -0.05) is 48.5 Å². The van der Waals surface area contributed by atoms with Crippen LogP contribution >= 0.6 is 0 Å². The van der Waals surface area contributed by atoms with Crippen LogP contribution in [0, 0.1) is 11.7 Å². The number of carbonyl (C=O) groups is 3. The number of carbonyl (C=O) groups excluding carboxylic acids is 3. The summed E-state index contributed by atoms with van der Waals surface area (Å²) in [6.07, 6.45) is 1.12. The topological polar surface area (TPSA) is 78.5 Å². The van der Waals surface area contributed by atoms with Gasteiger partial charge in [-0.3, -0.25) is 14.4 Å². The molecule has 3 aromatic rings. The molecule has 0 bridgehead atoms. The summed E-state index contributed by atoms with van der Waals surface area (Å²) in [5, 5.41) is 5.87. The Morgan fingerprint density at radius 2 is 1.43 bits per heavy atom. The van der Waals surface area contributed by atoms with Gasteiger partial charge in [0, 0.05) is 30.8 Å². The van der Waals surface area contributed by atoms with Crippen molar-refractivity contribution in [2.75, 3.05) is 13.1 Å². The zero-order valence-corrected chi connectivity index (χ0v) is 19.3. The largest absolute Gasteiger partial charge is 0.350 e. The van der Waals surface area contributed by atoms with E-state index in [1.54, 1.807) is 29.2 Å². The molecular formula is C28H28FN3O3. The maximum atomic E-state index is 13.2. The van der Waals surface area contributed by atoms with Crippen LogP contribution in [0.2, 0.25) is 0 Å². The van der Waals surface area contributed by atoms with Gasteiger partial charge in [0.05, 0.1) is 0 Å². The van der Waals surface area contributed by atoms with E-state index in [9.17, 15) is 18.8 Å². The van der Waals surface area contributed by atoms with Crippen LogP contribution in [0.25, 0.3) is 0 Å². The van der Waals surface area contributed by atoms with E-state index < -0.39 is 11.9 Å². The molecule has 3 aromatic carbocycles. The number of halogens is 1. The van der Waals surface area contributed by atoms with Crippen molar-refractivity contribution in [2.24, 2.45) is 5.92 Å². The Labute approximate surface area is 204 Å². The van der Waals surface area contributed by atoms with Gasteiger partial charge in [-0.2, -0.15) is 0 Å². The van der Waals surface area contributed by atoms with Crippen LogP contribution in [0.3, 0.4) is 0 Å². The molecule has 2 N–H and O–H groups in total. The van der Waals surface area contributed by atoms with Gasteiger partial charge in [0.15, 0.2) is 0 Å². The molecule has 0 spiro atoms. The van der Waals surface area contributed by atoms with Crippen molar-refractivity contribution < 1.29 is 18.8 Å². The molecule has 1 saturated heterocycles. The van der Waals surface area contributed by atoms with Gasteiger partial charge in [0.1, 0.15) is 11.9 Å². The molecule has 0 saturated carbocycles. The summed E-state index contributed by atoms with van der Waals surface area (Å²) in [5.74, 6) is -1.24. The number of piperidine rings is 1. The van der Waals surface area contributed by atoms with Crippen molar-refractivity contribution in [3.63, 3.8) is 0 Å². The number of hydrogen-bond donors (Lipinski definition) is 2. The third kappa shape index (κ3) is 6.32. The lowest BCUT2D eigenvalue weighted by Gasteiger charge is -2.36. The van der Waals surface area contributed by atoms with Crippen LogP contribution in [0.15, 0.2) is 84.9 Å². The number of benzene rings is 3. The summed E-state index contributed by atoms with van der Waals surface area (Å²) >= 11 is 0. The van der Waals surface area contributed by atoms with E-state index in [0.717, 1.165) is 5.56 Å². The minimum absolute atomic E-state index is 0.129. The highest BCUT2D eigenvalue weighted by Crippen LogP contribution is 2.23. The van der Waals surface area contributed by atoms with E-state index in [1.807, 2.05) is 36.4 Å². The molecule has 4 rings (SSSR count). The van der Waals surface area contributed by atoms with Crippen LogP contribution in [0.1, 0.15) is 39.1 Å². The minimum atomic E-state index is -0.727. The molecule has 1 fully saturated rings. The third-order valence-electron chi connectivity index (χ3n) is 6.30. The standard InChI is InChI=1S/C28H28FN3O3/c29-24-13-11-23(12-14-24)28(35)32-17-15-21(16-18-32)25(31-26(33)22-9-5-2-6-10-22)27(34)30-19-20-7-3-1-4-8-20/h1-14,21,25H,15-19H2,(H,30,34)(H,31,33)/t25-/m0/s1. The van der Waals surface area contributed by atoms with Gasteiger partial charge in [-0.05, 0) is 60.7 Å². The first-order valence-corrected chi connectivity index (χ1v) is 11.7. The molecule has 0 aliphatic carbocycles. The predicted octanol–water partition coefficient (Wildman–Crippen LogP) is 3.79. The van der Waals surface area contributed by atoms with E-state index in [4.69, 9.17) is 0 Å². The molecule has 6 nitrogen and oxygen atoms in total. The molecule has 1 aliphatic rings. The molecular weight excluding hydrogens is 445 g/mol. The summed E-state index contributed by atoms with van der Waals surface area (Å²) in [7, 11) is 0. The summed E-state index contributed by atoms with van der Waals surface area (Å²) in [6.45, 7) is 1.26. The molecule has 1 aliphatic heterocycles. The number of nitrogens with one attached hydrogen (secondary N) is 2. The van der Waals surface area contributed by atoms with Crippen molar-refractivity contribution >= 4 is 17.7 Å². The summed E-state index contributed by atoms with van der Waals surface area (Å²) in [5.41, 5.74) is 1.88. The van der Waals surface area contributed by atoms with E-state index in [2.05, 4.69) is 10.6 Å². The lowest BCUT2D eigenvalue weighted by Crippen LogP contribution is -2.53. The van der Waals surface area contributed by atoms with Crippen LogP contribution in [0.4, 0.5) is 4.39 Å². The van der Waals surface area contributed by atoms with Crippen molar-refractivity contribution in [2.45, 2.75) is 25.4 Å². The Morgan fingerprint density at radius 3 is 2.06 bits per heavy atom. The van der Waals surface area contributed by atoms with E-state index in [0.29, 0.717) is 43.6 Å². The second-order valence-corrected chi connectivity index (χ2v) is 8.66. The smallest absolute Gasteiger partial charge is 0.253 e. The van der Waals surface area contributed by atoms with E-state index in [-0.39, 0.29) is 23.6 Å². The first-order chi connectivity index (χ1) is 17.0. The quantitative estimate of drug-likeness (QED) is 0.548. The van der Waals surface area contributed by atoms with E-state index >= 15 is 0 Å². The molecule has 180 valence electrons. The monoisotopic (exact) mass is 473 g/mol. The first kappa shape index (κ1) is 24.1. The lowest BCUT2D eigenvalue weighted by molar-refractivity contribution is -0.124. The number of rotatable bonds is 7. The van der Waals surface area contributed by atoms with Crippen molar-refractivity contribution in [1.82, 2.24) is 15.5 Å². The predicted molar refractivity (Wildman–Crippen MR) is 131 cm³/mol. The van der Waals surface area contributed by atoms with Gasteiger partial charge < -0.3 is 15.5 Å². The zero-order chi connectivity index (χ0) is 24.6. The molecule has 0 aromatic heterocycles. The molecule has 3 amide bonds. The van der Waals surface area contributed by atoms with Gasteiger partial charge in [-0.15, -0.1) is 0 Å². The van der Waals surface area contributed by atoms with Gasteiger partial charge >= 0.3 is 0 Å². The fourth-order valence-corrected chi connectivity index (χ4v) is 4.32. The molecule has 0 unspecified atom stereocenters. The summed E-state index contributed by atoms with van der Waals surface area (Å²) < 4.78 is 13.2. The highest BCUT2D eigenvalue weighted by Gasteiger charge is 2.34. The Balaban J connectivity index is 1.43. The average molecular weight is 474 g/mol. The third-order valence-corrected chi connectivity index (χ3v) is 6.30. The average Bonchev–Trinajstić information content (AvgIpc) is 2.91. The number of amides is 3. The van der Waals surface area contributed by atoms with Crippen LogP contribution in [-0.2, 0) is 11.3 Å². The van der Waals surface area contributed by atoms with Gasteiger partial charge in [-0.25, -0.2) is 4.39 Å². The normalized spacial score (nSPS) is 14.7.